The van der Waals surface area contributed by atoms with Gasteiger partial charge in [-0.1, -0.05) is 23.2 Å². The van der Waals surface area contributed by atoms with Crippen molar-refractivity contribution in [2.24, 2.45) is 0 Å². The molecule has 1 atom stereocenters. The number of ether oxygens (including phenoxy) is 1. The van der Waals surface area contributed by atoms with Crippen LogP contribution in [0, 0.1) is 0 Å². The van der Waals surface area contributed by atoms with Gasteiger partial charge in [0, 0.05) is 48.0 Å². The Morgan fingerprint density at radius 3 is 2.42 bits per heavy atom. The molecular formula is C17H23Cl2N3O2. The molecule has 7 heteroatoms. The monoisotopic (exact) mass is 371 g/mol. The third-order valence-electron chi connectivity index (χ3n) is 4.25. The van der Waals surface area contributed by atoms with Crippen LogP contribution in [-0.2, 0) is 4.74 Å². The summed E-state index contributed by atoms with van der Waals surface area (Å²) in [4.78, 5) is 18.7. The maximum absolute atomic E-state index is 12.3. The molecule has 0 saturated carbocycles. The standard InChI is InChI=1S/C17H23Cl2N3O2/c1-17(2,3)24-16(23)20-4-5-21-11-22(10-15(21)9-20)14-7-12(18)6-13(19)8-14/h6-8,15H,4-5,9-11H2,1-3H3. The molecule has 0 aliphatic carbocycles. The van der Waals surface area contributed by atoms with Crippen LogP contribution in [0.2, 0.25) is 10.0 Å². The molecule has 24 heavy (non-hydrogen) atoms. The van der Waals surface area contributed by atoms with E-state index in [-0.39, 0.29) is 6.09 Å². The number of anilines is 1. The molecule has 0 radical (unpaired) electrons. The van der Waals surface area contributed by atoms with Crippen LogP contribution in [0.1, 0.15) is 20.8 Å². The molecule has 0 bridgehead atoms. The third kappa shape index (κ3) is 4.08. The summed E-state index contributed by atoms with van der Waals surface area (Å²) in [7, 11) is 0. The van der Waals surface area contributed by atoms with E-state index >= 15 is 0 Å². The largest absolute Gasteiger partial charge is 0.444 e. The quantitative estimate of drug-likeness (QED) is 0.753. The lowest BCUT2D eigenvalue weighted by molar-refractivity contribution is 0.0101. The molecule has 2 fully saturated rings. The first-order chi connectivity index (χ1) is 11.2. The number of halogens is 2. The lowest BCUT2D eigenvalue weighted by atomic mass is 10.2. The first-order valence-corrected chi connectivity index (χ1v) is 8.90. The lowest BCUT2D eigenvalue weighted by Gasteiger charge is -2.37. The van der Waals surface area contributed by atoms with Gasteiger partial charge in [0.2, 0.25) is 0 Å². The van der Waals surface area contributed by atoms with Crippen LogP contribution >= 0.6 is 23.2 Å². The second-order valence-electron chi connectivity index (χ2n) is 7.38. The van der Waals surface area contributed by atoms with E-state index in [0.29, 0.717) is 29.2 Å². The third-order valence-corrected chi connectivity index (χ3v) is 4.69. The zero-order valence-electron chi connectivity index (χ0n) is 14.3. The smallest absolute Gasteiger partial charge is 0.410 e. The number of piperazine rings is 1. The molecular weight excluding hydrogens is 349 g/mol. The van der Waals surface area contributed by atoms with Crippen LogP contribution in [0.3, 0.4) is 0 Å². The molecule has 2 aliphatic rings. The summed E-state index contributed by atoms with van der Waals surface area (Å²) in [6, 6.07) is 5.89. The van der Waals surface area contributed by atoms with Gasteiger partial charge in [-0.05, 0) is 39.0 Å². The fourth-order valence-electron chi connectivity index (χ4n) is 3.18. The molecule has 2 aliphatic heterocycles. The number of carbonyl (C=O) groups excluding carboxylic acids is 1. The number of rotatable bonds is 1. The SMILES string of the molecule is CC(C)(C)OC(=O)N1CCN2CN(c3cc(Cl)cc(Cl)c3)CC2C1. The molecule has 3 rings (SSSR count). The Labute approximate surface area is 153 Å². The van der Waals surface area contributed by atoms with Crippen LogP contribution < -0.4 is 4.90 Å². The van der Waals surface area contributed by atoms with E-state index in [1.165, 1.54) is 0 Å². The molecule has 5 nitrogen and oxygen atoms in total. The van der Waals surface area contributed by atoms with Crippen molar-refractivity contribution in [3.05, 3.63) is 28.2 Å². The topological polar surface area (TPSA) is 36.0 Å². The number of amides is 1. The first-order valence-electron chi connectivity index (χ1n) is 8.14. The highest BCUT2D eigenvalue weighted by atomic mass is 35.5. The van der Waals surface area contributed by atoms with Crippen molar-refractivity contribution in [1.82, 2.24) is 9.80 Å². The molecule has 1 amide bonds. The van der Waals surface area contributed by atoms with E-state index in [4.69, 9.17) is 27.9 Å². The average Bonchev–Trinajstić information content (AvgIpc) is 2.87. The maximum Gasteiger partial charge on any atom is 0.410 e. The van der Waals surface area contributed by atoms with E-state index in [0.717, 1.165) is 25.4 Å². The molecule has 1 aromatic rings. The van der Waals surface area contributed by atoms with Crippen molar-refractivity contribution >= 4 is 35.0 Å². The van der Waals surface area contributed by atoms with Gasteiger partial charge in [-0.15, -0.1) is 0 Å². The Kier molecular flexibility index (Phi) is 4.87. The van der Waals surface area contributed by atoms with E-state index in [1.807, 2.05) is 32.9 Å². The van der Waals surface area contributed by atoms with Gasteiger partial charge in [0.1, 0.15) is 5.60 Å². The summed E-state index contributed by atoms with van der Waals surface area (Å²) in [5.74, 6) is 0. The Morgan fingerprint density at radius 2 is 1.79 bits per heavy atom. The lowest BCUT2D eigenvalue weighted by Crippen LogP contribution is -2.53. The predicted octanol–water partition coefficient (Wildman–Crippen LogP) is 3.69. The van der Waals surface area contributed by atoms with E-state index in [2.05, 4.69) is 9.80 Å². The van der Waals surface area contributed by atoms with Gasteiger partial charge in [0.15, 0.2) is 0 Å². The molecule has 1 unspecified atom stereocenters. The zero-order chi connectivity index (χ0) is 17.5. The normalized spacial score (nSPS) is 21.8. The van der Waals surface area contributed by atoms with Gasteiger partial charge in [0.25, 0.3) is 0 Å². The van der Waals surface area contributed by atoms with Gasteiger partial charge in [0.05, 0.1) is 6.67 Å². The molecule has 132 valence electrons. The summed E-state index contributed by atoms with van der Waals surface area (Å²) >= 11 is 12.2. The second-order valence-corrected chi connectivity index (χ2v) is 8.26. The molecule has 1 aromatic carbocycles. The minimum atomic E-state index is -0.465. The molecule has 0 N–H and O–H groups in total. The number of benzene rings is 1. The fraction of sp³-hybridized carbons (Fsp3) is 0.588. The van der Waals surface area contributed by atoms with Crippen LogP contribution in [-0.4, -0.2) is 60.4 Å². The van der Waals surface area contributed by atoms with Crippen LogP contribution in [0.5, 0.6) is 0 Å². The Hall–Kier alpha value is -1.17. The fourth-order valence-corrected chi connectivity index (χ4v) is 3.70. The van der Waals surface area contributed by atoms with Crippen LogP contribution in [0.15, 0.2) is 18.2 Å². The van der Waals surface area contributed by atoms with Gasteiger partial charge in [-0.3, -0.25) is 4.90 Å². The van der Waals surface area contributed by atoms with E-state index in [1.54, 1.807) is 11.0 Å². The predicted molar refractivity (Wildman–Crippen MR) is 97.0 cm³/mol. The van der Waals surface area contributed by atoms with E-state index in [9.17, 15) is 4.79 Å². The number of hydrogen-bond acceptors (Lipinski definition) is 4. The summed E-state index contributed by atoms with van der Waals surface area (Å²) in [6.45, 7) is 9.55. The number of fused-ring (bicyclic) bond motifs is 1. The molecule has 2 saturated heterocycles. The van der Waals surface area contributed by atoms with Crippen LogP contribution in [0.4, 0.5) is 10.5 Å². The van der Waals surface area contributed by atoms with Gasteiger partial charge >= 0.3 is 6.09 Å². The Bertz CT molecular complexity index is 613. The summed E-state index contributed by atoms with van der Waals surface area (Å²) in [5, 5.41) is 1.27. The highest BCUT2D eigenvalue weighted by Crippen LogP contribution is 2.29. The Morgan fingerprint density at radius 1 is 1.12 bits per heavy atom. The summed E-state index contributed by atoms with van der Waals surface area (Å²) in [6.07, 6.45) is -0.230. The van der Waals surface area contributed by atoms with Crippen molar-refractivity contribution < 1.29 is 9.53 Å². The van der Waals surface area contributed by atoms with Crippen molar-refractivity contribution in [2.75, 3.05) is 37.7 Å². The highest BCUT2D eigenvalue weighted by Gasteiger charge is 2.37. The van der Waals surface area contributed by atoms with E-state index < -0.39 is 5.60 Å². The van der Waals surface area contributed by atoms with Crippen molar-refractivity contribution in [3.8, 4) is 0 Å². The van der Waals surface area contributed by atoms with Gasteiger partial charge < -0.3 is 14.5 Å². The molecule has 2 heterocycles. The number of hydrogen-bond donors (Lipinski definition) is 0. The number of carbonyl (C=O) groups is 1. The molecule has 0 aromatic heterocycles. The zero-order valence-corrected chi connectivity index (χ0v) is 15.8. The average molecular weight is 372 g/mol. The minimum absolute atomic E-state index is 0.230. The highest BCUT2D eigenvalue weighted by molar-refractivity contribution is 6.35. The van der Waals surface area contributed by atoms with Gasteiger partial charge in [-0.2, -0.15) is 0 Å². The first kappa shape index (κ1) is 17.6. The van der Waals surface area contributed by atoms with Gasteiger partial charge in [-0.25, -0.2) is 4.79 Å². The summed E-state index contributed by atoms with van der Waals surface area (Å²) in [5.41, 5.74) is 0.554. The van der Waals surface area contributed by atoms with Crippen LogP contribution in [0.25, 0.3) is 0 Å². The number of nitrogens with zero attached hydrogens (tertiary/aromatic N) is 3. The molecule has 0 spiro atoms. The minimum Gasteiger partial charge on any atom is -0.444 e. The maximum atomic E-state index is 12.3. The van der Waals surface area contributed by atoms with Crippen molar-refractivity contribution in [3.63, 3.8) is 0 Å². The Balaban J connectivity index is 1.65. The second kappa shape index (κ2) is 6.62. The van der Waals surface area contributed by atoms with Crippen molar-refractivity contribution in [1.29, 1.82) is 0 Å². The van der Waals surface area contributed by atoms with Crippen molar-refractivity contribution in [2.45, 2.75) is 32.4 Å². The summed E-state index contributed by atoms with van der Waals surface area (Å²) < 4.78 is 5.49.